The highest BCUT2D eigenvalue weighted by atomic mass is 35.5. The molecule has 0 aliphatic heterocycles. The third-order valence-electron chi connectivity index (χ3n) is 2.27. The fraction of sp³-hybridized carbons (Fsp3) is 0.300. The predicted molar refractivity (Wildman–Crippen MR) is 70.2 cm³/mol. The van der Waals surface area contributed by atoms with E-state index in [1.807, 2.05) is 5.43 Å². The summed E-state index contributed by atoms with van der Waals surface area (Å²) in [6.45, 7) is 1.67. The second-order valence-corrected chi connectivity index (χ2v) is 4.33. The normalized spacial score (nSPS) is 11.8. The Bertz CT molecular complexity index is 510. The molecule has 104 valence electrons. The van der Waals surface area contributed by atoms with Crippen molar-refractivity contribution in [1.29, 1.82) is 0 Å². The maximum atomic E-state index is 11.4. The summed E-state index contributed by atoms with van der Waals surface area (Å²) in [5, 5.41) is 11.0. The van der Waals surface area contributed by atoms with Crippen molar-refractivity contribution in [2.45, 2.75) is 19.4 Å². The molecule has 1 rings (SSSR count). The summed E-state index contributed by atoms with van der Waals surface area (Å²) in [7, 11) is 0. The molecule has 0 aromatic heterocycles. The van der Waals surface area contributed by atoms with E-state index in [0.717, 1.165) is 6.07 Å². The van der Waals surface area contributed by atoms with Crippen LogP contribution in [0.5, 0.6) is 5.75 Å². The van der Waals surface area contributed by atoms with Crippen LogP contribution in [0.15, 0.2) is 12.1 Å². The van der Waals surface area contributed by atoms with Crippen LogP contribution in [0.4, 0.5) is 5.69 Å². The highest BCUT2D eigenvalue weighted by molar-refractivity contribution is 6.42. The van der Waals surface area contributed by atoms with Crippen molar-refractivity contribution in [3.63, 3.8) is 0 Å². The van der Waals surface area contributed by atoms with Gasteiger partial charge in [0.1, 0.15) is 0 Å². The monoisotopic (exact) mass is 307 g/mol. The molecule has 0 bridgehead atoms. The minimum Gasteiger partial charge on any atom is -0.473 e. The first-order valence-corrected chi connectivity index (χ1v) is 5.96. The maximum absolute atomic E-state index is 11.4. The average Bonchev–Trinajstić information content (AvgIpc) is 2.38. The quantitative estimate of drug-likeness (QED) is 0.374. The van der Waals surface area contributed by atoms with Gasteiger partial charge in [-0.3, -0.25) is 20.3 Å². The second-order valence-electron chi connectivity index (χ2n) is 3.51. The molecule has 0 aliphatic carbocycles. The Balaban J connectivity index is 3.15. The number of carbonyl (C=O) groups excluding carboxylic acids is 1. The van der Waals surface area contributed by atoms with Gasteiger partial charge in [-0.05, 0) is 6.42 Å². The van der Waals surface area contributed by atoms with E-state index in [2.05, 4.69) is 0 Å². The number of nitro benzene ring substituents is 1. The van der Waals surface area contributed by atoms with Gasteiger partial charge in [0.25, 0.3) is 5.91 Å². The zero-order chi connectivity index (χ0) is 14.6. The lowest BCUT2D eigenvalue weighted by atomic mass is 10.2. The average molecular weight is 308 g/mol. The number of rotatable bonds is 5. The Labute approximate surface area is 118 Å². The molecule has 1 amide bonds. The number of nitro groups is 1. The summed E-state index contributed by atoms with van der Waals surface area (Å²) < 4.78 is 5.27. The molecular weight excluding hydrogens is 297 g/mol. The van der Waals surface area contributed by atoms with Crippen LogP contribution in [-0.4, -0.2) is 16.9 Å². The topological polar surface area (TPSA) is 107 Å². The van der Waals surface area contributed by atoms with Crippen molar-refractivity contribution in [1.82, 2.24) is 5.43 Å². The van der Waals surface area contributed by atoms with E-state index in [1.54, 1.807) is 6.92 Å². The molecule has 0 aliphatic rings. The highest BCUT2D eigenvalue weighted by Gasteiger charge is 2.24. The van der Waals surface area contributed by atoms with E-state index in [0.29, 0.717) is 0 Å². The van der Waals surface area contributed by atoms with Crippen molar-refractivity contribution in [2.75, 3.05) is 0 Å². The SMILES string of the molecule is CCC(Oc1cc(Cl)c(Cl)cc1[N+](=O)[O-])C(=O)NN. The van der Waals surface area contributed by atoms with E-state index in [-0.39, 0.29) is 27.9 Å². The zero-order valence-corrected chi connectivity index (χ0v) is 11.4. The van der Waals surface area contributed by atoms with Crippen molar-refractivity contribution in [3.05, 3.63) is 32.3 Å². The van der Waals surface area contributed by atoms with Gasteiger partial charge in [0.05, 0.1) is 15.0 Å². The molecule has 1 atom stereocenters. The van der Waals surface area contributed by atoms with E-state index in [1.165, 1.54) is 6.07 Å². The van der Waals surface area contributed by atoms with Crippen molar-refractivity contribution >= 4 is 34.8 Å². The number of hydrogen-bond donors (Lipinski definition) is 2. The van der Waals surface area contributed by atoms with Crippen molar-refractivity contribution < 1.29 is 14.5 Å². The number of nitrogens with zero attached hydrogens (tertiary/aromatic N) is 1. The lowest BCUT2D eigenvalue weighted by Gasteiger charge is -2.16. The molecular formula is C10H11Cl2N3O4. The molecule has 0 heterocycles. The molecule has 0 spiro atoms. The van der Waals surface area contributed by atoms with Gasteiger partial charge in [0, 0.05) is 12.1 Å². The summed E-state index contributed by atoms with van der Waals surface area (Å²) in [4.78, 5) is 21.6. The van der Waals surface area contributed by atoms with Crippen molar-refractivity contribution in [3.8, 4) is 5.75 Å². The minimum atomic E-state index is -0.957. The molecule has 3 N–H and O–H groups in total. The molecule has 1 aromatic carbocycles. The Morgan fingerprint density at radius 3 is 2.58 bits per heavy atom. The first kappa shape index (κ1) is 15.5. The summed E-state index contributed by atoms with van der Waals surface area (Å²) in [6.07, 6.45) is -0.679. The maximum Gasteiger partial charge on any atom is 0.312 e. The standard InChI is InChI=1S/C10H11Cl2N3O4/c1-2-8(10(16)14-13)19-9-4-6(12)5(11)3-7(9)15(17)18/h3-4,8H,2,13H2,1H3,(H,14,16). The lowest BCUT2D eigenvalue weighted by Crippen LogP contribution is -2.41. The largest absolute Gasteiger partial charge is 0.473 e. The Morgan fingerprint density at radius 2 is 2.11 bits per heavy atom. The first-order valence-electron chi connectivity index (χ1n) is 5.21. The number of ether oxygens (including phenoxy) is 1. The number of amides is 1. The Hall–Kier alpha value is -1.57. The number of hydrogen-bond acceptors (Lipinski definition) is 5. The zero-order valence-electron chi connectivity index (χ0n) is 9.85. The summed E-state index contributed by atoms with van der Waals surface area (Å²) in [5.41, 5.74) is 1.54. The van der Waals surface area contributed by atoms with Gasteiger partial charge in [0.15, 0.2) is 11.9 Å². The number of benzene rings is 1. The van der Waals surface area contributed by atoms with Gasteiger partial charge in [-0.2, -0.15) is 0 Å². The molecule has 0 radical (unpaired) electrons. The van der Waals surface area contributed by atoms with Crippen LogP contribution in [0.3, 0.4) is 0 Å². The van der Waals surface area contributed by atoms with Crippen LogP contribution in [0.1, 0.15) is 13.3 Å². The lowest BCUT2D eigenvalue weighted by molar-refractivity contribution is -0.386. The van der Waals surface area contributed by atoms with E-state index in [9.17, 15) is 14.9 Å². The number of halogens is 2. The molecule has 19 heavy (non-hydrogen) atoms. The number of carbonyl (C=O) groups is 1. The van der Waals surface area contributed by atoms with Gasteiger partial charge in [-0.25, -0.2) is 5.84 Å². The molecule has 1 unspecified atom stereocenters. The van der Waals surface area contributed by atoms with Crippen LogP contribution in [-0.2, 0) is 4.79 Å². The fourth-order valence-electron chi connectivity index (χ4n) is 1.32. The molecule has 1 aromatic rings. The summed E-state index contributed by atoms with van der Waals surface area (Å²) in [5.74, 6) is 4.26. The Morgan fingerprint density at radius 1 is 1.53 bits per heavy atom. The van der Waals surface area contributed by atoms with Crippen LogP contribution in [0.25, 0.3) is 0 Å². The fourth-order valence-corrected chi connectivity index (χ4v) is 1.64. The van der Waals surface area contributed by atoms with Crippen LogP contribution in [0.2, 0.25) is 10.0 Å². The minimum absolute atomic E-state index is 0.0250. The highest BCUT2D eigenvalue weighted by Crippen LogP contribution is 2.36. The van der Waals surface area contributed by atoms with Gasteiger partial charge >= 0.3 is 5.69 Å². The number of nitrogens with two attached hydrogens (primary N) is 1. The molecule has 0 saturated carbocycles. The smallest absolute Gasteiger partial charge is 0.312 e. The number of nitrogens with one attached hydrogen (secondary N) is 1. The van der Waals surface area contributed by atoms with Crippen LogP contribution < -0.4 is 16.0 Å². The number of hydrazine groups is 1. The predicted octanol–water partition coefficient (Wildman–Crippen LogP) is 2.05. The first-order chi connectivity index (χ1) is 8.90. The van der Waals surface area contributed by atoms with E-state index < -0.39 is 16.9 Å². The van der Waals surface area contributed by atoms with Crippen LogP contribution >= 0.6 is 23.2 Å². The summed E-state index contributed by atoms with van der Waals surface area (Å²) >= 11 is 11.5. The second kappa shape index (κ2) is 6.55. The molecule has 7 nitrogen and oxygen atoms in total. The van der Waals surface area contributed by atoms with Gasteiger partial charge in [0.2, 0.25) is 0 Å². The summed E-state index contributed by atoms with van der Waals surface area (Å²) in [6, 6.07) is 2.25. The van der Waals surface area contributed by atoms with Gasteiger partial charge < -0.3 is 4.74 Å². The molecule has 0 saturated heterocycles. The molecule has 0 fully saturated rings. The third-order valence-corrected chi connectivity index (χ3v) is 3.00. The molecule has 9 heteroatoms. The van der Waals surface area contributed by atoms with Gasteiger partial charge in [-0.15, -0.1) is 0 Å². The van der Waals surface area contributed by atoms with E-state index >= 15 is 0 Å². The Kier molecular flexibility index (Phi) is 5.34. The van der Waals surface area contributed by atoms with E-state index in [4.69, 9.17) is 33.8 Å². The van der Waals surface area contributed by atoms with Crippen molar-refractivity contribution in [2.24, 2.45) is 5.84 Å². The van der Waals surface area contributed by atoms with Gasteiger partial charge in [-0.1, -0.05) is 30.1 Å². The third kappa shape index (κ3) is 3.69. The van der Waals surface area contributed by atoms with Crippen LogP contribution in [0, 0.1) is 10.1 Å².